The molecule has 1 saturated carbocycles. The highest BCUT2D eigenvalue weighted by molar-refractivity contribution is 7.13. The van der Waals surface area contributed by atoms with E-state index in [1.54, 1.807) is 11.3 Å². The Morgan fingerprint density at radius 1 is 1.53 bits per heavy atom. The van der Waals surface area contributed by atoms with E-state index in [1.807, 2.05) is 7.05 Å². The quantitative estimate of drug-likeness (QED) is 0.874. The van der Waals surface area contributed by atoms with E-state index >= 15 is 0 Å². The fourth-order valence-corrected chi connectivity index (χ4v) is 3.35. The molecule has 0 spiro atoms. The van der Waals surface area contributed by atoms with Gasteiger partial charge < -0.3 is 10.2 Å². The minimum atomic E-state index is 0.347. The Bertz CT molecular complexity index is 344. The van der Waals surface area contributed by atoms with Gasteiger partial charge in [-0.15, -0.1) is 11.3 Å². The highest BCUT2D eigenvalue weighted by Gasteiger charge is 2.18. The second kappa shape index (κ2) is 5.83. The van der Waals surface area contributed by atoms with Gasteiger partial charge in [-0.05, 0) is 32.7 Å². The maximum absolute atomic E-state index is 4.70. The maximum Gasteiger partial charge on any atom is 0.185 e. The molecule has 1 aromatic rings. The predicted octanol–water partition coefficient (Wildman–Crippen LogP) is 3.05. The second-order valence-corrected chi connectivity index (χ2v) is 5.93. The molecule has 2 rings (SSSR count). The molecule has 1 N–H and O–H groups in total. The van der Waals surface area contributed by atoms with Crippen LogP contribution in [0.15, 0.2) is 5.38 Å². The first kappa shape index (κ1) is 12.8. The largest absolute Gasteiger partial charge is 0.351 e. The van der Waals surface area contributed by atoms with Gasteiger partial charge in [-0.3, -0.25) is 0 Å². The lowest BCUT2D eigenvalue weighted by Crippen LogP contribution is -2.24. The number of hydrogen-bond donors (Lipinski definition) is 1. The molecule has 1 unspecified atom stereocenters. The van der Waals surface area contributed by atoms with Crippen LogP contribution < -0.4 is 10.2 Å². The second-order valence-electron chi connectivity index (χ2n) is 5.10. The van der Waals surface area contributed by atoms with Crippen LogP contribution in [-0.2, 0) is 0 Å². The first-order chi connectivity index (χ1) is 8.20. The van der Waals surface area contributed by atoms with Gasteiger partial charge in [0.25, 0.3) is 0 Å². The Morgan fingerprint density at radius 3 is 2.88 bits per heavy atom. The molecule has 1 aromatic heterocycles. The minimum Gasteiger partial charge on any atom is -0.351 e. The standard InChI is InChI=1S/C13H23N3S/c1-10(14-2)12-9-17-13(15-12)16(3)8-11-6-4-5-7-11/h9-11,14H,4-8H2,1-3H3. The van der Waals surface area contributed by atoms with Gasteiger partial charge in [0, 0.05) is 25.0 Å². The number of nitrogens with zero attached hydrogens (tertiary/aromatic N) is 2. The van der Waals surface area contributed by atoms with Crippen molar-refractivity contribution < 1.29 is 0 Å². The van der Waals surface area contributed by atoms with E-state index in [0.717, 1.165) is 16.7 Å². The Hall–Kier alpha value is -0.610. The number of rotatable bonds is 5. The van der Waals surface area contributed by atoms with Gasteiger partial charge in [0.1, 0.15) is 0 Å². The van der Waals surface area contributed by atoms with Crippen LogP contribution in [0.25, 0.3) is 0 Å². The summed E-state index contributed by atoms with van der Waals surface area (Å²) in [6.45, 7) is 3.32. The molecule has 0 aromatic carbocycles. The van der Waals surface area contributed by atoms with E-state index in [2.05, 4.69) is 29.6 Å². The Labute approximate surface area is 108 Å². The van der Waals surface area contributed by atoms with Crippen LogP contribution in [-0.4, -0.2) is 25.6 Å². The molecule has 1 fully saturated rings. The summed E-state index contributed by atoms with van der Waals surface area (Å²) in [7, 11) is 4.15. The lowest BCUT2D eigenvalue weighted by Gasteiger charge is -2.20. The van der Waals surface area contributed by atoms with Crippen LogP contribution in [0.3, 0.4) is 0 Å². The molecule has 0 aliphatic heterocycles. The zero-order chi connectivity index (χ0) is 12.3. The van der Waals surface area contributed by atoms with Gasteiger partial charge in [0.2, 0.25) is 0 Å². The fraction of sp³-hybridized carbons (Fsp3) is 0.769. The SMILES string of the molecule is CNC(C)c1csc(N(C)CC2CCCC2)n1. The van der Waals surface area contributed by atoms with Gasteiger partial charge in [-0.1, -0.05) is 12.8 Å². The third-order valence-electron chi connectivity index (χ3n) is 3.72. The van der Waals surface area contributed by atoms with Crippen LogP contribution in [0, 0.1) is 5.92 Å². The van der Waals surface area contributed by atoms with Gasteiger partial charge >= 0.3 is 0 Å². The number of hydrogen-bond acceptors (Lipinski definition) is 4. The van der Waals surface area contributed by atoms with E-state index in [-0.39, 0.29) is 0 Å². The normalized spacial score (nSPS) is 18.5. The first-order valence-corrected chi connectivity index (χ1v) is 7.42. The molecule has 0 saturated heterocycles. The molecule has 0 radical (unpaired) electrons. The molecular formula is C13H23N3S. The average molecular weight is 253 g/mol. The van der Waals surface area contributed by atoms with Crippen LogP contribution in [0.1, 0.15) is 44.3 Å². The van der Waals surface area contributed by atoms with Crippen molar-refractivity contribution in [3.8, 4) is 0 Å². The van der Waals surface area contributed by atoms with Crippen molar-refractivity contribution in [1.82, 2.24) is 10.3 Å². The molecular weight excluding hydrogens is 230 g/mol. The third-order valence-corrected chi connectivity index (χ3v) is 4.69. The summed E-state index contributed by atoms with van der Waals surface area (Å²) in [5, 5.41) is 6.56. The van der Waals surface area contributed by atoms with Gasteiger partial charge in [0.15, 0.2) is 5.13 Å². The van der Waals surface area contributed by atoms with E-state index < -0.39 is 0 Å². The highest BCUT2D eigenvalue weighted by atomic mass is 32.1. The number of anilines is 1. The Balaban J connectivity index is 1.94. The van der Waals surface area contributed by atoms with Crippen molar-refractivity contribution in [1.29, 1.82) is 0 Å². The summed E-state index contributed by atoms with van der Waals surface area (Å²) in [5.74, 6) is 0.883. The smallest absolute Gasteiger partial charge is 0.185 e. The zero-order valence-electron chi connectivity index (χ0n) is 11.1. The minimum absolute atomic E-state index is 0.347. The number of aromatic nitrogens is 1. The summed E-state index contributed by atoms with van der Waals surface area (Å²) >= 11 is 1.76. The van der Waals surface area contributed by atoms with Crippen molar-refractivity contribution in [3.63, 3.8) is 0 Å². The molecule has 1 heterocycles. The van der Waals surface area contributed by atoms with Crippen LogP contribution in [0.4, 0.5) is 5.13 Å². The molecule has 4 heteroatoms. The monoisotopic (exact) mass is 253 g/mol. The summed E-state index contributed by atoms with van der Waals surface area (Å²) in [6, 6.07) is 0.347. The highest BCUT2D eigenvalue weighted by Crippen LogP contribution is 2.28. The van der Waals surface area contributed by atoms with E-state index in [0.29, 0.717) is 6.04 Å². The van der Waals surface area contributed by atoms with E-state index in [9.17, 15) is 0 Å². The van der Waals surface area contributed by atoms with Gasteiger partial charge in [0.05, 0.1) is 5.69 Å². The summed E-state index contributed by atoms with van der Waals surface area (Å²) < 4.78 is 0. The topological polar surface area (TPSA) is 28.2 Å². The Kier molecular flexibility index (Phi) is 4.40. The lowest BCUT2D eigenvalue weighted by atomic mass is 10.1. The van der Waals surface area contributed by atoms with Crippen molar-refractivity contribution in [2.75, 3.05) is 25.5 Å². The molecule has 1 aliphatic carbocycles. The third kappa shape index (κ3) is 3.19. The molecule has 3 nitrogen and oxygen atoms in total. The molecule has 96 valence electrons. The van der Waals surface area contributed by atoms with Gasteiger partial charge in [-0.2, -0.15) is 0 Å². The summed E-state index contributed by atoms with van der Waals surface area (Å²) in [5.41, 5.74) is 1.16. The molecule has 1 atom stereocenters. The first-order valence-electron chi connectivity index (χ1n) is 6.54. The predicted molar refractivity (Wildman–Crippen MR) is 74.8 cm³/mol. The van der Waals surface area contributed by atoms with Crippen LogP contribution >= 0.6 is 11.3 Å². The van der Waals surface area contributed by atoms with Gasteiger partial charge in [-0.25, -0.2) is 4.98 Å². The molecule has 0 amide bonds. The van der Waals surface area contributed by atoms with Crippen LogP contribution in [0.5, 0.6) is 0 Å². The maximum atomic E-state index is 4.70. The van der Waals surface area contributed by atoms with Crippen molar-refractivity contribution in [2.24, 2.45) is 5.92 Å². The van der Waals surface area contributed by atoms with E-state index in [4.69, 9.17) is 4.98 Å². The summed E-state index contributed by atoms with van der Waals surface area (Å²) in [4.78, 5) is 7.03. The van der Waals surface area contributed by atoms with Crippen molar-refractivity contribution >= 4 is 16.5 Å². The summed E-state index contributed by atoms with van der Waals surface area (Å²) in [6.07, 6.45) is 5.63. The molecule has 0 bridgehead atoms. The molecule has 17 heavy (non-hydrogen) atoms. The van der Waals surface area contributed by atoms with Crippen molar-refractivity contribution in [3.05, 3.63) is 11.1 Å². The number of thiazole rings is 1. The molecule has 1 aliphatic rings. The fourth-order valence-electron chi connectivity index (χ4n) is 2.46. The average Bonchev–Trinajstić information content (AvgIpc) is 2.98. The zero-order valence-corrected chi connectivity index (χ0v) is 11.9. The number of nitrogens with one attached hydrogen (secondary N) is 1. The van der Waals surface area contributed by atoms with E-state index in [1.165, 1.54) is 32.2 Å². The Morgan fingerprint density at radius 2 is 2.24 bits per heavy atom. The lowest BCUT2D eigenvalue weighted by molar-refractivity contribution is 0.546. The van der Waals surface area contributed by atoms with Crippen LogP contribution in [0.2, 0.25) is 0 Å². The van der Waals surface area contributed by atoms with Crippen molar-refractivity contribution in [2.45, 2.75) is 38.6 Å².